The number of rotatable bonds is 10. The number of benzene rings is 2. The predicted molar refractivity (Wildman–Crippen MR) is 152 cm³/mol. The van der Waals surface area contributed by atoms with Crippen molar-refractivity contribution in [1.82, 2.24) is 14.6 Å². The van der Waals surface area contributed by atoms with Gasteiger partial charge in [0.1, 0.15) is 24.2 Å². The van der Waals surface area contributed by atoms with Gasteiger partial charge in [0, 0.05) is 23.2 Å². The van der Waals surface area contributed by atoms with E-state index in [9.17, 15) is 9.90 Å². The largest absolute Gasteiger partial charge is 0.489 e. The van der Waals surface area contributed by atoms with Crippen LogP contribution in [0.2, 0.25) is 0 Å². The van der Waals surface area contributed by atoms with Crippen LogP contribution < -0.4 is 9.47 Å². The average Bonchev–Trinajstić information content (AvgIpc) is 3.35. The Bertz CT molecular complexity index is 1610. The summed E-state index contributed by atoms with van der Waals surface area (Å²) < 4.78 is 13.5. The molecule has 0 saturated carbocycles. The molecule has 8 nitrogen and oxygen atoms in total. The third-order valence-corrected chi connectivity index (χ3v) is 6.49. The molecule has 0 fully saturated rings. The molecule has 0 saturated heterocycles. The molecule has 1 atom stereocenters. The molecular formula is C32H32N4O4. The van der Waals surface area contributed by atoms with E-state index in [-0.39, 0.29) is 24.9 Å². The number of nitrogens with zero attached hydrogens (tertiary/aromatic N) is 4. The third-order valence-electron chi connectivity index (χ3n) is 6.49. The normalized spacial score (nSPS) is 11.5. The van der Waals surface area contributed by atoms with Gasteiger partial charge < -0.3 is 14.6 Å². The van der Waals surface area contributed by atoms with E-state index in [4.69, 9.17) is 24.8 Å². The van der Waals surface area contributed by atoms with Crippen LogP contribution in [0.4, 0.5) is 0 Å². The van der Waals surface area contributed by atoms with Crippen LogP contribution in [0, 0.1) is 37.0 Å². The molecule has 4 aromatic rings. The summed E-state index contributed by atoms with van der Waals surface area (Å²) >= 11 is 0. The van der Waals surface area contributed by atoms with Gasteiger partial charge in [-0.05, 0) is 73.4 Å². The molecule has 8 heteroatoms. The Morgan fingerprint density at radius 1 is 1.07 bits per heavy atom. The van der Waals surface area contributed by atoms with Gasteiger partial charge >= 0.3 is 5.97 Å². The van der Waals surface area contributed by atoms with Crippen molar-refractivity contribution in [2.75, 3.05) is 6.61 Å². The van der Waals surface area contributed by atoms with Crippen LogP contribution in [0.1, 0.15) is 67.1 Å². The third kappa shape index (κ3) is 6.42. The van der Waals surface area contributed by atoms with Crippen molar-refractivity contribution >= 4 is 11.6 Å². The first-order chi connectivity index (χ1) is 19.2. The molecule has 0 amide bonds. The SMILES string of the molecule is CC#C[C@@H](CC(=O)O)c1ccc(OCc2cc(-c3c(C)cc(OCC#N)cc3C)c3nc(C(C)C)nn3c2)cc1. The van der Waals surface area contributed by atoms with Gasteiger partial charge in [-0.25, -0.2) is 9.50 Å². The Morgan fingerprint density at radius 2 is 1.77 bits per heavy atom. The fourth-order valence-corrected chi connectivity index (χ4v) is 4.68. The molecule has 1 N–H and O–H groups in total. The Hall–Kier alpha value is -4.82. The summed E-state index contributed by atoms with van der Waals surface area (Å²) in [7, 11) is 0. The lowest BCUT2D eigenvalue weighted by molar-refractivity contribution is -0.137. The summed E-state index contributed by atoms with van der Waals surface area (Å²) in [5, 5.41) is 22.8. The number of carbonyl (C=O) groups is 1. The molecule has 0 radical (unpaired) electrons. The number of ether oxygens (including phenoxy) is 2. The maximum Gasteiger partial charge on any atom is 0.304 e. The maximum absolute atomic E-state index is 11.2. The van der Waals surface area contributed by atoms with Crippen LogP contribution in [0.3, 0.4) is 0 Å². The lowest BCUT2D eigenvalue weighted by Crippen LogP contribution is -2.05. The number of pyridine rings is 1. The average molecular weight is 537 g/mol. The number of hydrogen-bond donors (Lipinski definition) is 1. The van der Waals surface area contributed by atoms with Gasteiger partial charge in [-0.15, -0.1) is 5.92 Å². The quantitative estimate of drug-likeness (QED) is 0.240. The summed E-state index contributed by atoms with van der Waals surface area (Å²) in [4.78, 5) is 16.1. The molecule has 40 heavy (non-hydrogen) atoms. The van der Waals surface area contributed by atoms with Crippen molar-refractivity contribution in [2.45, 2.75) is 59.5 Å². The van der Waals surface area contributed by atoms with Gasteiger partial charge in [-0.1, -0.05) is 31.9 Å². The first kappa shape index (κ1) is 28.2. The van der Waals surface area contributed by atoms with Crippen LogP contribution in [-0.2, 0) is 11.4 Å². The smallest absolute Gasteiger partial charge is 0.304 e. The van der Waals surface area contributed by atoms with Crippen molar-refractivity contribution in [3.8, 4) is 40.5 Å². The number of fused-ring (bicyclic) bond motifs is 1. The number of aromatic nitrogens is 3. The molecular weight excluding hydrogens is 504 g/mol. The minimum Gasteiger partial charge on any atom is -0.489 e. The number of aliphatic carboxylic acids is 1. The molecule has 0 bridgehead atoms. The standard InChI is InChI=1S/C32H32N4O4/c1-6-7-25(17-29(37)38)24-8-10-26(11-9-24)40-19-23-16-28(32-34-31(20(2)3)35-36(32)18-23)30-21(4)14-27(15-22(30)5)39-13-12-33/h8-11,14-16,18,20,25H,13,17,19H2,1-5H3,(H,37,38)/t25-/m0/s1. The molecule has 4 rings (SSSR count). The Labute approximate surface area is 234 Å². The fraction of sp³-hybridized carbons (Fsp3) is 0.312. The van der Waals surface area contributed by atoms with Crippen molar-refractivity contribution in [1.29, 1.82) is 5.26 Å². The van der Waals surface area contributed by atoms with E-state index < -0.39 is 5.97 Å². The molecule has 0 aliphatic heterocycles. The van der Waals surface area contributed by atoms with E-state index in [0.29, 0.717) is 18.1 Å². The molecule has 2 aromatic heterocycles. The molecule has 0 aliphatic carbocycles. The minimum absolute atomic E-state index is 0.00950. The molecule has 0 aliphatic rings. The van der Waals surface area contributed by atoms with E-state index in [2.05, 4.69) is 31.8 Å². The van der Waals surface area contributed by atoms with Crippen LogP contribution in [-0.4, -0.2) is 32.3 Å². The highest BCUT2D eigenvalue weighted by Gasteiger charge is 2.18. The lowest BCUT2D eigenvalue weighted by Gasteiger charge is -2.15. The van der Waals surface area contributed by atoms with Gasteiger partial charge in [-0.2, -0.15) is 10.4 Å². The summed E-state index contributed by atoms with van der Waals surface area (Å²) in [5.41, 5.74) is 6.49. The second kappa shape index (κ2) is 12.4. The predicted octanol–water partition coefficient (Wildman–Crippen LogP) is 6.20. The van der Waals surface area contributed by atoms with E-state index >= 15 is 0 Å². The first-order valence-electron chi connectivity index (χ1n) is 13.1. The number of carboxylic acid groups (broad SMARTS) is 1. The van der Waals surface area contributed by atoms with Gasteiger partial charge in [0.05, 0.1) is 12.3 Å². The first-order valence-corrected chi connectivity index (χ1v) is 13.1. The molecule has 204 valence electrons. The number of carboxylic acids is 1. The van der Waals surface area contributed by atoms with E-state index in [0.717, 1.165) is 44.9 Å². The van der Waals surface area contributed by atoms with E-state index in [1.54, 1.807) is 6.92 Å². The highest BCUT2D eigenvalue weighted by atomic mass is 16.5. The van der Waals surface area contributed by atoms with Crippen LogP contribution >= 0.6 is 0 Å². The Morgan fingerprint density at radius 3 is 2.38 bits per heavy atom. The molecule has 2 heterocycles. The molecule has 0 spiro atoms. The van der Waals surface area contributed by atoms with Crippen LogP contribution in [0.25, 0.3) is 16.8 Å². The van der Waals surface area contributed by atoms with E-state index in [1.807, 2.05) is 67.0 Å². The van der Waals surface area contributed by atoms with Crippen molar-refractivity contribution < 1.29 is 19.4 Å². The highest BCUT2D eigenvalue weighted by Crippen LogP contribution is 2.34. The van der Waals surface area contributed by atoms with Crippen LogP contribution in [0.15, 0.2) is 48.7 Å². The molecule has 0 unspecified atom stereocenters. The summed E-state index contributed by atoms with van der Waals surface area (Å²) in [6, 6.07) is 15.3. The summed E-state index contributed by atoms with van der Waals surface area (Å²) in [6.45, 7) is 10.2. The summed E-state index contributed by atoms with van der Waals surface area (Å²) in [6.07, 6.45) is 1.88. The van der Waals surface area contributed by atoms with Crippen molar-refractivity contribution in [3.63, 3.8) is 0 Å². The van der Waals surface area contributed by atoms with Crippen molar-refractivity contribution in [3.05, 3.63) is 76.7 Å². The van der Waals surface area contributed by atoms with Gasteiger partial charge in [0.15, 0.2) is 18.1 Å². The van der Waals surface area contributed by atoms with Crippen molar-refractivity contribution in [2.24, 2.45) is 0 Å². The minimum atomic E-state index is -0.886. The fourth-order valence-electron chi connectivity index (χ4n) is 4.68. The van der Waals surface area contributed by atoms with Gasteiger partial charge in [-0.3, -0.25) is 4.79 Å². The lowest BCUT2D eigenvalue weighted by atomic mass is 9.95. The summed E-state index contributed by atoms with van der Waals surface area (Å²) in [5.74, 6) is 6.77. The maximum atomic E-state index is 11.2. The van der Waals surface area contributed by atoms with E-state index in [1.165, 1.54) is 0 Å². The number of aryl methyl sites for hydroxylation is 2. The second-order valence-corrected chi connectivity index (χ2v) is 9.94. The zero-order valence-corrected chi connectivity index (χ0v) is 23.4. The second-order valence-electron chi connectivity index (χ2n) is 9.94. The highest BCUT2D eigenvalue weighted by molar-refractivity contribution is 5.82. The topological polar surface area (TPSA) is 110 Å². The van der Waals surface area contributed by atoms with Gasteiger partial charge in [0.25, 0.3) is 0 Å². The number of hydrogen-bond acceptors (Lipinski definition) is 6. The monoisotopic (exact) mass is 536 g/mol. The van der Waals surface area contributed by atoms with Crippen LogP contribution in [0.5, 0.6) is 11.5 Å². The Balaban J connectivity index is 1.67. The molecule has 2 aromatic carbocycles. The number of nitriles is 1. The Kier molecular flexibility index (Phi) is 8.71. The zero-order valence-electron chi connectivity index (χ0n) is 23.4. The zero-order chi connectivity index (χ0) is 28.8. The van der Waals surface area contributed by atoms with Gasteiger partial charge in [0.2, 0.25) is 0 Å².